The third kappa shape index (κ3) is 2.98. The van der Waals surface area contributed by atoms with Crippen molar-refractivity contribution < 1.29 is 9.15 Å². The molecule has 0 unspecified atom stereocenters. The van der Waals surface area contributed by atoms with Crippen LogP contribution in [0.3, 0.4) is 0 Å². The maximum atomic E-state index is 12.0. The lowest BCUT2D eigenvalue weighted by Crippen LogP contribution is -2.32. The summed E-state index contributed by atoms with van der Waals surface area (Å²) in [5.74, 6) is 0.773. The van der Waals surface area contributed by atoms with Crippen LogP contribution >= 0.6 is 11.6 Å². The summed E-state index contributed by atoms with van der Waals surface area (Å²) in [5, 5.41) is 1.68. The molecule has 0 spiro atoms. The van der Waals surface area contributed by atoms with E-state index in [2.05, 4.69) is 11.8 Å². The Balaban J connectivity index is 1.81. The molecule has 0 saturated heterocycles. The van der Waals surface area contributed by atoms with Crippen molar-refractivity contribution in [2.75, 3.05) is 11.6 Å². The van der Waals surface area contributed by atoms with E-state index in [-0.39, 0.29) is 5.63 Å². The highest BCUT2D eigenvalue weighted by atomic mass is 35.5. The van der Waals surface area contributed by atoms with E-state index in [1.54, 1.807) is 6.07 Å². The molecule has 0 radical (unpaired) electrons. The molecule has 5 heteroatoms. The molecule has 0 aliphatic carbocycles. The van der Waals surface area contributed by atoms with Gasteiger partial charge in [0.05, 0.1) is 12.1 Å². The van der Waals surface area contributed by atoms with Gasteiger partial charge in [-0.15, -0.1) is 0 Å². The average Bonchev–Trinajstić information content (AvgIpc) is 2.62. The largest absolute Gasteiger partial charge is 0.473 e. The second kappa shape index (κ2) is 6.45. The number of anilines is 1. The summed E-state index contributed by atoms with van der Waals surface area (Å²) in [7, 11) is 0. The summed E-state index contributed by atoms with van der Waals surface area (Å²) in [6, 6.07) is 13.2. The van der Waals surface area contributed by atoms with Gasteiger partial charge in [-0.25, -0.2) is 4.79 Å². The second-order valence-electron chi connectivity index (χ2n) is 6.21. The van der Waals surface area contributed by atoms with Crippen molar-refractivity contribution in [3.05, 3.63) is 69.0 Å². The van der Waals surface area contributed by atoms with E-state index in [1.165, 1.54) is 0 Å². The van der Waals surface area contributed by atoms with E-state index in [9.17, 15) is 4.79 Å². The maximum absolute atomic E-state index is 12.0. The van der Waals surface area contributed by atoms with Crippen LogP contribution in [0.1, 0.15) is 24.5 Å². The summed E-state index contributed by atoms with van der Waals surface area (Å²) >= 11 is 5.97. The van der Waals surface area contributed by atoms with Gasteiger partial charge in [-0.3, -0.25) is 0 Å². The van der Waals surface area contributed by atoms with Crippen LogP contribution in [0.4, 0.5) is 5.69 Å². The lowest BCUT2D eigenvalue weighted by Gasteiger charge is -2.31. The van der Waals surface area contributed by atoms with Crippen LogP contribution in [-0.2, 0) is 13.0 Å². The zero-order valence-corrected chi connectivity index (χ0v) is 14.7. The predicted molar refractivity (Wildman–Crippen MR) is 99.6 cm³/mol. The third-order valence-electron chi connectivity index (χ3n) is 4.49. The fraction of sp³-hybridized carbons (Fsp3) is 0.250. The number of aryl methyl sites for hydroxylation is 1. The fourth-order valence-electron chi connectivity index (χ4n) is 3.29. The summed E-state index contributed by atoms with van der Waals surface area (Å²) in [6.45, 7) is 3.16. The van der Waals surface area contributed by atoms with E-state index < -0.39 is 0 Å². The molecule has 0 saturated carbocycles. The van der Waals surface area contributed by atoms with Crippen molar-refractivity contribution in [2.24, 2.45) is 0 Å². The fourth-order valence-corrected chi connectivity index (χ4v) is 3.42. The Morgan fingerprint density at radius 3 is 2.72 bits per heavy atom. The Morgan fingerprint density at radius 2 is 1.96 bits per heavy atom. The van der Waals surface area contributed by atoms with Crippen molar-refractivity contribution in [1.82, 2.24) is 0 Å². The van der Waals surface area contributed by atoms with Gasteiger partial charge in [-0.1, -0.05) is 24.9 Å². The number of nitrogens with zero attached hydrogens (tertiary/aromatic N) is 1. The number of hydrogen-bond acceptors (Lipinski definition) is 4. The Labute approximate surface area is 150 Å². The van der Waals surface area contributed by atoms with E-state index >= 15 is 0 Å². The van der Waals surface area contributed by atoms with Gasteiger partial charge in [0.2, 0.25) is 0 Å². The number of benzene rings is 2. The molecule has 1 aliphatic rings. The molecule has 25 heavy (non-hydrogen) atoms. The summed E-state index contributed by atoms with van der Waals surface area (Å²) in [5.41, 5.74) is 3.27. The van der Waals surface area contributed by atoms with Crippen molar-refractivity contribution in [3.8, 4) is 5.75 Å². The SMILES string of the molecule is CCCc1cc(=O)oc2c3c(ccc12)OCN(c1ccc(Cl)cc1)C3. The summed E-state index contributed by atoms with van der Waals surface area (Å²) in [6.07, 6.45) is 1.83. The van der Waals surface area contributed by atoms with E-state index in [0.717, 1.165) is 40.8 Å². The van der Waals surface area contributed by atoms with E-state index in [0.29, 0.717) is 23.9 Å². The number of hydrogen-bond donors (Lipinski definition) is 0. The molecule has 0 amide bonds. The minimum Gasteiger partial charge on any atom is -0.473 e. The van der Waals surface area contributed by atoms with Crippen LogP contribution in [-0.4, -0.2) is 6.73 Å². The molecule has 1 aliphatic heterocycles. The van der Waals surface area contributed by atoms with E-state index in [1.807, 2.05) is 36.4 Å². The van der Waals surface area contributed by atoms with Crippen LogP contribution in [0.15, 0.2) is 51.7 Å². The summed E-state index contributed by atoms with van der Waals surface area (Å²) in [4.78, 5) is 14.1. The molecule has 0 fully saturated rings. The van der Waals surface area contributed by atoms with Crippen molar-refractivity contribution >= 4 is 28.3 Å². The van der Waals surface area contributed by atoms with Gasteiger partial charge in [0.25, 0.3) is 0 Å². The van der Waals surface area contributed by atoms with Gasteiger partial charge < -0.3 is 14.1 Å². The molecule has 1 aromatic heterocycles. The molecular weight excluding hydrogens is 338 g/mol. The molecule has 4 rings (SSSR count). The maximum Gasteiger partial charge on any atom is 0.336 e. The standard InChI is InChI=1S/C20H18ClNO3/c1-2-3-13-10-19(23)25-20-16(13)8-9-18-17(20)11-22(12-24-18)15-6-4-14(21)5-7-15/h4-10H,2-3,11-12H2,1H3. The van der Waals surface area contributed by atoms with Crippen molar-refractivity contribution in [1.29, 1.82) is 0 Å². The minimum absolute atomic E-state index is 0.312. The molecule has 4 nitrogen and oxygen atoms in total. The Kier molecular flexibility index (Phi) is 4.14. The zero-order valence-electron chi connectivity index (χ0n) is 13.9. The predicted octanol–water partition coefficient (Wildman–Crippen LogP) is 4.76. The smallest absolute Gasteiger partial charge is 0.336 e. The monoisotopic (exact) mass is 355 g/mol. The van der Waals surface area contributed by atoms with Crippen LogP contribution in [0.2, 0.25) is 5.02 Å². The second-order valence-corrected chi connectivity index (χ2v) is 6.64. The number of rotatable bonds is 3. The van der Waals surface area contributed by atoms with E-state index in [4.69, 9.17) is 20.8 Å². The normalized spacial score (nSPS) is 13.6. The number of ether oxygens (including phenoxy) is 1. The van der Waals surface area contributed by atoms with Crippen molar-refractivity contribution in [3.63, 3.8) is 0 Å². The minimum atomic E-state index is -0.312. The highest BCUT2D eigenvalue weighted by Crippen LogP contribution is 2.35. The topological polar surface area (TPSA) is 42.7 Å². The Morgan fingerprint density at radius 1 is 1.16 bits per heavy atom. The lowest BCUT2D eigenvalue weighted by molar-refractivity contribution is 0.289. The van der Waals surface area contributed by atoms with Gasteiger partial charge in [0.1, 0.15) is 11.3 Å². The number of fused-ring (bicyclic) bond motifs is 3. The van der Waals surface area contributed by atoms with Crippen LogP contribution in [0.5, 0.6) is 5.75 Å². The first-order valence-electron chi connectivity index (χ1n) is 8.37. The Hall–Kier alpha value is -2.46. The first-order valence-corrected chi connectivity index (χ1v) is 8.75. The van der Waals surface area contributed by atoms with Gasteiger partial charge in [-0.05, 0) is 48.4 Å². The summed E-state index contributed by atoms with van der Waals surface area (Å²) < 4.78 is 11.5. The van der Waals surface area contributed by atoms with Gasteiger partial charge in [0.15, 0.2) is 6.73 Å². The van der Waals surface area contributed by atoms with Crippen LogP contribution in [0.25, 0.3) is 11.0 Å². The molecule has 0 bridgehead atoms. The van der Waals surface area contributed by atoms with Crippen LogP contribution in [0, 0.1) is 0 Å². The first kappa shape index (κ1) is 16.0. The molecule has 2 aromatic carbocycles. The third-order valence-corrected chi connectivity index (χ3v) is 4.75. The van der Waals surface area contributed by atoms with Gasteiger partial charge in [0, 0.05) is 22.2 Å². The highest BCUT2D eigenvalue weighted by molar-refractivity contribution is 6.30. The van der Waals surface area contributed by atoms with Gasteiger partial charge >= 0.3 is 5.63 Å². The molecular formula is C20H18ClNO3. The average molecular weight is 356 g/mol. The molecule has 2 heterocycles. The first-order chi connectivity index (χ1) is 12.2. The lowest BCUT2D eigenvalue weighted by atomic mass is 10.0. The number of halogens is 1. The Bertz CT molecular complexity index is 979. The molecule has 128 valence electrons. The van der Waals surface area contributed by atoms with Gasteiger partial charge in [-0.2, -0.15) is 0 Å². The van der Waals surface area contributed by atoms with Crippen LogP contribution < -0.4 is 15.3 Å². The molecule has 0 N–H and O–H groups in total. The quantitative estimate of drug-likeness (QED) is 0.635. The highest BCUT2D eigenvalue weighted by Gasteiger charge is 2.22. The molecule has 0 atom stereocenters. The van der Waals surface area contributed by atoms with Crippen molar-refractivity contribution in [2.45, 2.75) is 26.3 Å². The molecule has 3 aromatic rings. The zero-order chi connectivity index (χ0) is 17.4.